The minimum absolute atomic E-state index is 0.166. The summed E-state index contributed by atoms with van der Waals surface area (Å²) in [5.74, 6) is -1.66. The van der Waals surface area contributed by atoms with E-state index in [4.69, 9.17) is 4.74 Å². The molecule has 0 aliphatic carbocycles. The molecule has 1 heterocycles. The molecule has 0 spiro atoms. The van der Waals surface area contributed by atoms with Gasteiger partial charge in [0.15, 0.2) is 0 Å². The largest absolute Gasteiger partial charge is 0.444 e. The van der Waals surface area contributed by atoms with Gasteiger partial charge in [-0.2, -0.15) is 0 Å². The first kappa shape index (κ1) is 15.7. The van der Waals surface area contributed by atoms with Crippen LogP contribution in [0, 0.1) is 11.6 Å². The van der Waals surface area contributed by atoms with Gasteiger partial charge in [0.2, 0.25) is 0 Å². The first-order valence-electron chi connectivity index (χ1n) is 6.79. The standard InChI is InChI=1S/C15H19F2NO3/c1-15(2,3)21-14(20)18-8-10(6-13(18)19)9-4-11(16)7-12(17)5-9/h4-5,7,10,13,19H,6,8H2,1-3H3/t10-,13+/m0/s1. The fourth-order valence-corrected chi connectivity index (χ4v) is 2.38. The number of aliphatic hydroxyl groups excluding tert-OH is 1. The van der Waals surface area contributed by atoms with Crippen molar-refractivity contribution in [3.63, 3.8) is 0 Å². The molecule has 1 aromatic rings. The predicted octanol–water partition coefficient (Wildman–Crippen LogP) is 3.01. The maximum Gasteiger partial charge on any atom is 0.412 e. The Balaban J connectivity index is 2.12. The van der Waals surface area contributed by atoms with Crippen LogP contribution in [0.1, 0.15) is 38.7 Å². The Bertz CT molecular complexity index is 522. The van der Waals surface area contributed by atoms with E-state index in [1.54, 1.807) is 20.8 Å². The molecule has 1 saturated heterocycles. The number of aliphatic hydroxyl groups is 1. The molecule has 0 saturated carbocycles. The summed E-state index contributed by atoms with van der Waals surface area (Å²) in [6, 6.07) is 3.23. The van der Waals surface area contributed by atoms with Gasteiger partial charge in [0.1, 0.15) is 23.5 Å². The van der Waals surface area contributed by atoms with Crippen molar-refractivity contribution >= 4 is 6.09 Å². The Kier molecular flexibility index (Phi) is 4.18. The lowest BCUT2D eigenvalue weighted by Gasteiger charge is -2.26. The van der Waals surface area contributed by atoms with Crippen LogP contribution < -0.4 is 0 Å². The summed E-state index contributed by atoms with van der Waals surface area (Å²) in [5.41, 5.74) is -0.238. The fourth-order valence-electron chi connectivity index (χ4n) is 2.38. The molecule has 1 fully saturated rings. The highest BCUT2D eigenvalue weighted by molar-refractivity contribution is 5.69. The third-order valence-corrected chi connectivity index (χ3v) is 3.26. The summed E-state index contributed by atoms with van der Waals surface area (Å²) in [4.78, 5) is 13.2. The van der Waals surface area contributed by atoms with Crippen LogP contribution in [-0.4, -0.2) is 34.5 Å². The zero-order valence-corrected chi connectivity index (χ0v) is 12.3. The van der Waals surface area contributed by atoms with Crippen LogP contribution in [0.3, 0.4) is 0 Å². The van der Waals surface area contributed by atoms with E-state index in [2.05, 4.69) is 0 Å². The van der Waals surface area contributed by atoms with E-state index in [1.165, 1.54) is 17.0 Å². The molecule has 21 heavy (non-hydrogen) atoms. The van der Waals surface area contributed by atoms with Gasteiger partial charge in [0.25, 0.3) is 0 Å². The van der Waals surface area contributed by atoms with Gasteiger partial charge in [-0.15, -0.1) is 0 Å². The van der Waals surface area contributed by atoms with E-state index < -0.39 is 29.6 Å². The lowest BCUT2D eigenvalue weighted by molar-refractivity contribution is -0.0128. The number of benzene rings is 1. The van der Waals surface area contributed by atoms with Crippen molar-refractivity contribution in [3.8, 4) is 0 Å². The van der Waals surface area contributed by atoms with Gasteiger partial charge in [0.05, 0.1) is 0 Å². The van der Waals surface area contributed by atoms with E-state index in [0.29, 0.717) is 5.56 Å². The van der Waals surface area contributed by atoms with Gasteiger partial charge in [-0.25, -0.2) is 13.6 Å². The maximum absolute atomic E-state index is 13.2. The molecule has 1 amide bonds. The van der Waals surface area contributed by atoms with Gasteiger partial charge < -0.3 is 9.84 Å². The van der Waals surface area contributed by atoms with Crippen LogP contribution in [0.15, 0.2) is 18.2 Å². The van der Waals surface area contributed by atoms with Crippen LogP contribution in [0.2, 0.25) is 0 Å². The molecule has 1 aromatic carbocycles. The Morgan fingerprint density at radius 3 is 2.38 bits per heavy atom. The normalized spacial score (nSPS) is 22.5. The average Bonchev–Trinajstić information content (AvgIpc) is 2.68. The molecule has 1 N–H and O–H groups in total. The number of nitrogens with zero attached hydrogens (tertiary/aromatic N) is 1. The van der Waals surface area contributed by atoms with E-state index in [-0.39, 0.29) is 18.9 Å². The molecule has 6 heteroatoms. The van der Waals surface area contributed by atoms with Crippen molar-refractivity contribution in [3.05, 3.63) is 35.4 Å². The highest BCUT2D eigenvalue weighted by atomic mass is 19.1. The van der Waals surface area contributed by atoms with Crippen molar-refractivity contribution in [2.45, 2.75) is 44.9 Å². The SMILES string of the molecule is CC(C)(C)OC(=O)N1C[C@@H](c2cc(F)cc(F)c2)C[C@H]1O. The summed E-state index contributed by atoms with van der Waals surface area (Å²) in [5, 5.41) is 9.96. The monoisotopic (exact) mass is 299 g/mol. The Hall–Kier alpha value is -1.69. The summed E-state index contributed by atoms with van der Waals surface area (Å²) >= 11 is 0. The van der Waals surface area contributed by atoms with E-state index in [1.807, 2.05) is 0 Å². The van der Waals surface area contributed by atoms with Gasteiger partial charge in [-0.05, 0) is 38.5 Å². The van der Waals surface area contributed by atoms with Gasteiger partial charge >= 0.3 is 6.09 Å². The van der Waals surface area contributed by atoms with Gasteiger partial charge in [-0.3, -0.25) is 4.90 Å². The fraction of sp³-hybridized carbons (Fsp3) is 0.533. The Morgan fingerprint density at radius 1 is 1.29 bits per heavy atom. The minimum Gasteiger partial charge on any atom is -0.444 e. The molecule has 0 bridgehead atoms. The molecule has 0 radical (unpaired) electrons. The van der Waals surface area contributed by atoms with Crippen LogP contribution in [0.5, 0.6) is 0 Å². The highest BCUT2D eigenvalue weighted by Crippen LogP contribution is 2.32. The lowest BCUT2D eigenvalue weighted by atomic mass is 9.98. The average molecular weight is 299 g/mol. The number of ether oxygens (including phenoxy) is 1. The van der Waals surface area contributed by atoms with Crippen molar-refractivity contribution in [2.75, 3.05) is 6.54 Å². The van der Waals surface area contributed by atoms with Crippen LogP contribution >= 0.6 is 0 Å². The molecule has 4 nitrogen and oxygen atoms in total. The number of carbonyl (C=O) groups is 1. The quantitative estimate of drug-likeness (QED) is 0.867. The van der Waals surface area contributed by atoms with Crippen LogP contribution in [0.4, 0.5) is 13.6 Å². The zero-order valence-electron chi connectivity index (χ0n) is 12.3. The molecule has 116 valence electrons. The molecular weight excluding hydrogens is 280 g/mol. The lowest BCUT2D eigenvalue weighted by Crippen LogP contribution is -2.39. The summed E-state index contributed by atoms with van der Waals surface area (Å²) in [7, 11) is 0. The Labute approximate surface area is 122 Å². The zero-order chi connectivity index (χ0) is 15.8. The smallest absolute Gasteiger partial charge is 0.412 e. The molecule has 1 aliphatic rings. The van der Waals surface area contributed by atoms with E-state index in [0.717, 1.165) is 6.07 Å². The second-order valence-corrected chi connectivity index (χ2v) is 6.25. The number of rotatable bonds is 1. The van der Waals surface area contributed by atoms with Crippen molar-refractivity contribution in [1.82, 2.24) is 4.90 Å². The number of carbonyl (C=O) groups excluding carboxylic acids is 1. The van der Waals surface area contributed by atoms with Crippen LogP contribution in [0.25, 0.3) is 0 Å². The molecule has 2 atom stereocenters. The summed E-state index contributed by atoms with van der Waals surface area (Å²) in [6.45, 7) is 5.35. The highest BCUT2D eigenvalue weighted by Gasteiger charge is 2.37. The van der Waals surface area contributed by atoms with Gasteiger partial charge in [0, 0.05) is 24.9 Å². The molecule has 0 unspecified atom stereocenters. The second kappa shape index (κ2) is 5.60. The van der Waals surface area contributed by atoms with E-state index >= 15 is 0 Å². The molecule has 2 rings (SSSR count). The molecule has 1 aliphatic heterocycles. The van der Waals surface area contributed by atoms with Gasteiger partial charge in [-0.1, -0.05) is 0 Å². The third kappa shape index (κ3) is 3.91. The predicted molar refractivity (Wildman–Crippen MR) is 72.7 cm³/mol. The maximum atomic E-state index is 13.2. The topological polar surface area (TPSA) is 49.8 Å². The number of likely N-dealkylation sites (tertiary alicyclic amines) is 1. The van der Waals surface area contributed by atoms with Crippen LogP contribution in [-0.2, 0) is 4.74 Å². The first-order chi connectivity index (χ1) is 9.65. The summed E-state index contributed by atoms with van der Waals surface area (Å²) < 4.78 is 31.7. The summed E-state index contributed by atoms with van der Waals surface area (Å²) in [6.07, 6.45) is -1.42. The number of halogens is 2. The number of amides is 1. The molecule has 0 aromatic heterocycles. The number of hydrogen-bond donors (Lipinski definition) is 1. The van der Waals surface area contributed by atoms with Crippen molar-refractivity contribution < 1.29 is 23.4 Å². The third-order valence-electron chi connectivity index (χ3n) is 3.26. The second-order valence-electron chi connectivity index (χ2n) is 6.25. The Morgan fingerprint density at radius 2 is 1.86 bits per heavy atom. The number of hydrogen-bond acceptors (Lipinski definition) is 3. The van der Waals surface area contributed by atoms with Crippen molar-refractivity contribution in [2.24, 2.45) is 0 Å². The van der Waals surface area contributed by atoms with E-state index in [9.17, 15) is 18.7 Å². The van der Waals surface area contributed by atoms with Crippen molar-refractivity contribution in [1.29, 1.82) is 0 Å². The minimum atomic E-state index is -1.02. The molecular formula is C15H19F2NO3. The first-order valence-corrected chi connectivity index (χ1v) is 6.79.